The molecule has 0 aliphatic rings. The molecule has 0 radical (unpaired) electrons. The molecule has 3 aromatic rings. The molecule has 0 aliphatic carbocycles. The summed E-state index contributed by atoms with van der Waals surface area (Å²) in [6.45, 7) is 1.83. The van der Waals surface area contributed by atoms with E-state index in [4.69, 9.17) is 11.6 Å². The number of alkyl halides is 4. The lowest BCUT2D eigenvalue weighted by atomic mass is 10.2. The summed E-state index contributed by atoms with van der Waals surface area (Å²) in [5, 5.41) is 14.1. The number of hydrogen-bond donors (Lipinski definition) is 1. The largest absolute Gasteiger partial charge is 0.433 e. The molecule has 0 saturated heterocycles. The van der Waals surface area contributed by atoms with Crippen molar-refractivity contribution in [1.82, 2.24) is 29.9 Å². The molecule has 3 aromatic heterocycles. The first kappa shape index (κ1) is 23.9. The van der Waals surface area contributed by atoms with E-state index in [-0.39, 0.29) is 17.3 Å². The predicted molar refractivity (Wildman–Crippen MR) is 117 cm³/mol. The zero-order chi connectivity index (χ0) is 24.0. The number of nitrogens with zero attached hydrogens (tertiary/aromatic N) is 6. The maximum absolute atomic E-state index is 13.6. The van der Waals surface area contributed by atoms with Gasteiger partial charge in [0.05, 0.1) is 5.69 Å². The van der Waals surface area contributed by atoms with Crippen molar-refractivity contribution in [3.05, 3.63) is 72.8 Å². The summed E-state index contributed by atoms with van der Waals surface area (Å²) in [7, 11) is 1.74. The van der Waals surface area contributed by atoms with Crippen LogP contribution in [0.3, 0.4) is 0 Å². The minimum absolute atomic E-state index is 0.0505. The van der Waals surface area contributed by atoms with Crippen molar-refractivity contribution in [3.63, 3.8) is 0 Å². The number of carbonyl (C=O) groups excluding carboxylic acids is 1. The highest BCUT2D eigenvalue weighted by Gasteiger charge is 2.37. The summed E-state index contributed by atoms with van der Waals surface area (Å²) < 4.78 is 41.3. The second-order valence-corrected chi connectivity index (χ2v) is 7.16. The van der Waals surface area contributed by atoms with Crippen molar-refractivity contribution in [2.45, 2.75) is 18.6 Å². The van der Waals surface area contributed by atoms with Crippen LogP contribution in [-0.2, 0) is 11.0 Å². The standard InChI is InChI=1S/C21H19ClF3N7O/c1-3-11-31(2)17(22)6-9-20(33)27-18-7-8-19(29-28-18)32-16(21(23,24)25)12-15(30-32)14-5-4-10-26-13-14/h3-13,17H,1-2H3,(H,27,28,33)/b9-6+,11-3-. The molecule has 0 fully saturated rings. The molecule has 1 unspecified atom stereocenters. The molecule has 33 heavy (non-hydrogen) atoms. The summed E-state index contributed by atoms with van der Waals surface area (Å²) >= 11 is 6.12. The molecule has 0 bridgehead atoms. The molecule has 8 nitrogen and oxygen atoms in total. The van der Waals surface area contributed by atoms with Crippen LogP contribution < -0.4 is 5.32 Å². The number of hydrogen-bond acceptors (Lipinski definition) is 6. The van der Waals surface area contributed by atoms with Gasteiger partial charge in [-0.05, 0) is 49.5 Å². The van der Waals surface area contributed by atoms with Gasteiger partial charge in [0, 0.05) is 31.1 Å². The average Bonchev–Trinajstić information content (AvgIpc) is 3.25. The second-order valence-electron chi connectivity index (χ2n) is 6.71. The molecule has 1 amide bonds. The van der Waals surface area contributed by atoms with Crippen LogP contribution in [0.1, 0.15) is 12.6 Å². The van der Waals surface area contributed by atoms with E-state index in [0.29, 0.717) is 10.2 Å². The molecule has 0 aromatic carbocycles. The zero-order valence-corrected chi connectivity index (χ0v) is 18.3. The number of amides is 1. The number of carbonyl (C=O) groups is 1. The molecule has 3 heterocycles. The van der Waals surface area contributed by atoms with Gasteiger partial charge in [-0.1, -0.05) is 17.7 Å². The van der Waals surface area contributed by atoms with Crippen molar-refractivity contribution in [3.8, 4) is 17.1 Å². The van der Waals surface area contributed by atoms with E-state index in [2.05, 4.69) is 25.6 Å². The Morgan fingerprint density at radius 2 is 2.06 bits per heavy atom. The van der Waals surface area contributed by atoms with Gasteiger partial charge in [0.15, 0.2) is 17.3 Å². The Kier molecular flexibility index (Phi) is 7.44. The minimum atomic E-state index is -4.68. The Morgan fingerprint density at radius 1 is 1.27 bits per heavy atom. The highest BCUT2D eigenvalue weighted by atomic mass is 35.5. The van der Waals surface area contributed by atoms with E-state index in [1.807, 2.05) is 6.92 Å². The fourth-order valence-electron chi connectivity index (χ4n) is 2.71. The molecule has 0 saturated carbocycles. The van der Waals surface area contributed by atoms with Gasteiger partial charge in [-0.3, -0.25) is 9.78 Å². The number of nitrogens with one attached hydrogen (secondary N) is 1. The first-order chi connectivity index (χ1) is 15.7. The van der Waals surface area contributed by atoms with E-state index < -0.39 is 23.3 Å². The molecule has 172 valence electrons. The van der Waals surface area contributed by atoms with Crippen molar-refractivity contribution in [2.24, 2.45) is 0 Å². The second kappa shape index (κ2) is 10.3. The van der Waals surface area contributed by atoms with Crippen molar-refractivity contribution < 1.29 is 18.0 Å². The number of aromatic nitrogens is 5. The maximum Gasteiger partial charge on any atom is 0.433 e. The average molecular weight is 478 g/mol. The summed E-state index contributed by atoms with van der Waals surface area (Å²) in [4.78, 5) is 17.6. The number of allylic oxidation sites excluding steroid dienone is 1. The van der Waals surface area contributed by atoms with Gasteiger partial charge in [-0.25, -0.2) is 4.68 Å². The van der Waals surface area contributed by atoms with E-state index in [9.17, 15) is 18.0 Å². The van der Waals surface area contributed by atoms with Crippen LogP contribution in [-0.4, -0.2) is 48.3 Å². The molecule has 0 spiro atoms. The SMILES string of the molecule is C/C=C\N(C)C(Cl)/C=C/C(=O)Nc1ccc(-n2nc(-c3cccnc3)cc2C(F)(F)F)nn1. The topological polar surface area (TPSA) is 88.8 Å². The monoisotopic (exact) mass is 477 g/mol. The summed E-state index contributed by atoms with van der Waals surface area (Å²) in [6, 6.07) is 6.69. The van der Waals surface area contributed by atoms with Crippen LogP contribution in [0.15, 0.2) is 67.2 Å². The fourth-order valence-corrected chi connectivity index (χ4v) is 2.84. The third kappa shape index (κ3) is 6.16. The van der Waals surface area contributed by atoms with Gasteiger partial charge >= 0.3 is 6.18 Å². The van der Waals surface area contributed by atoms with Crippen LogP contribution in [0.5, 0.6) is 0 Å². The Balaban J connectivity index is 1.78. The number of likely N-dealkylation sites (N-methyl/N-ethyl adjacent to an activating group) is 1. The molecule has 1 N–H and O–H groups in total. The number of halogens is 4. The van der Waals surface area contributed by atoms with E-state index in [0.717, 1.165) is 6.07 Å². The number of pyridine rings is 1. The van der Waals surface area contributed by atoms with Crippen LogP contribution in [0.4, 0.5) is 19.0 Å². The molecule has 1 atom stereocenters. The Hall–Kier alpha value is -3.73. The molecule has 0 aliphatic heterocycles. The Bertz CT molecular complexity index is 1140. The van der Waals surface area contributed by atoms with Gasteiger partial charge in [-0.15, -0.1) is 10.2 Å². The van der Waals surface area contributed by atoms with Gasteiger partial charge in [0.25, 0.3) is 0 Å². The van der Waals surface area contributed by atoms with Gasteiger partial charge in [0.1, 0.15) is 5.50 Å². The molecular weight excluding hydrogens is 459 g/mol. The van der Waals surface area contributed by atoms with E-state index in [1.165, 1.54) is 36.7 Å². The van der Waals surface area contributed by atoms with Crippen LogP contribution in [0.2, 0.25) is 0 Å². The van der Waals surface area contributed by atoms with Gasteiger partial charge in [-0.2, -0.15) is 18.3 Å². The summed E-state index contributed by atoms with van der Waals surface area (Å²) in [5.74, 6) is -0.639. The smallest absolute Gasteiger partial charge is 0.362 e. The van der Waals surface area contributed by atoms with Crippen molar-refractivity contribution in [2.75, 3.05) is 12.4 Å². The highest BCUT2D eigenvalue weighted by molar-refractivity contribution is 6.21. The van der Waals surface area contributed by atoms with E-state index >= 15 is 0 Å². The third-order valence-electron chi connectivity index (χ3n) is 4.26. The summed E-state index contributed by atoms with van der Waals surface area (Å²) in [5.41, 5.74) is -1.06. The normalized spacial score (nSPS) is 12.9. The lowest BCUT2D eigenvalue weighted by Crippen LogP contribution is -2.20. The lowest BCUT2D eigenvalue weighted by molar-refractivity contribution is -0.142. The first-order valence-corrected chi connectivity index (χ1v) is 10.0. The van der Waals surface area contributed by atoms with Crippen molar-refractivity contribution in [1.29, 1.82) is 0 Å². The predicted octanol–water partition coefficient (Wildman–Crippen LogP) is 4.27. The Morgan fingerprint density at radius 3 is 2.67 bits per heavy atom. The van der Waals surface area contributed by atoms with Crippen LogP contribution in [0.25, 0.3) is 17.1 Å². The van der Waals surface area contributed by atoms with E-state index in [1.54, 1.807) is 36.4 Å². The number of anilines is 1. The third-order valence-corrected chi connectivity index (χ3v) is 4.71. The van der Waals surface area contributed by atoms with Crippen LogP contribution in [0, 0.1) is 0 Å². The summed E-state index contributed by atoms with van der Waals surface area (Å²) in [6.07, 6.45) is 4.48. The van der Waals surface area contributed by atoms with Gasteiger partial charge < -0.3 is 10.2 Å². The number of rotatable bonds is 7. The Labute approximate surface area is 192 Å². The first-order valence-electron chi connectivity index (χ1n) is 9.59. The van der Waals surface area contributed by atoms with Crippen molar-refractivity contribution >= 4 is 23.3 Å². The molecule has 3 rings (SSSR count). The van der Waals surface area contributed by atoms with Gasteiger partial charge in [0.2, 0.25) is 5.91 Å². The zero-order valence-electron chi connectivity index (χ0n) is 17.5. The minimum Gasteiger partial charge on any atom is -0.362 e. The molecular formula is C21H19ClF3N7O. The van der Waals surface area contributed by atoms with Crippen LogP contribution >= 0.6 is 11.6 Å². The molecule has 12 heteroatoms. The highest BCUT2D eigenvalue weighted by Crippen LogP contribution is 2.33. The maximum atomic E-state index is 13.6. The fraction of sp³-hybridized carbons (Fsp3) is 0.190. The lowest BCUT2D eigenvalue weighted by Gasteiger charge is -2.17. The quantitative estimate of drug-likeness (QED) is 0.310.